The van der Waals surface area contributed by atoms with Gasteiger partial charge in [-0.2, -0.15) is 0 Å². The zero-order valence-electron chi connectivity index (χ0n) is 10.8. The Morgan fingerprint density at radius 1 is 1.21 bits per heavy atom. The summed E-state index contributed by atoms with van der Waals surface area (Å²) in [5, 5.41) is 5.03. The smallest absolute Gasteiger partial charge is 0.263 e. The van der Waals surface area contributed by atoms with Gasteiger partial charge in [-0.05, 0) is 37.1 Å². The van der Waals surface area contributed by atoms with Gasteiger partial charge in [0.25, 0.3) is 5.91 Å². The molecule has 4 nitrogen and oxygen atoms in total. The highest BCUT2D eigenvalue weighted by atomic mass is 32.1. The van der Waals surface area contributed by atoms with Gasteiger partial charge in [0.15, 0.2) is 0 Å². The average molecular weight is 278 g/mol. The van der Waals surface area contributed by atoms with E-state index in [4.69, 9.17) is 0 Å². The number of hydrogen-bond acceptors (Lipinski definition) is 3. The van der Waals surface area contributed by atoms with Gasteiger partial charge in [-0.25, -0.2) is 0 Å². The Labute approximate surface area is 116 Å². The third-order valence-electron chi connectivity index (χ3n) is 3.81. The fraction of sp³-hybridized carbons (Fsp3) is 0.571. The van der Waals surface area contributed by atoms with E-state index in [9.17, 15) is 9.59 Å². The van der Waals surface area contributed by atoms with Crippen LogP contribution in [-0.4, -0.2) is 35.8 Å². The summed E-state index contributed by atoms with van der Waals surface area (Å²) in [7, 11) is 0. The van der Waals surface area contributed by atoms with Gasteiger partial charge in [-0.15, -0.1) is 11.3 Å². The first-order valence-electron chi connectivity index (χ1n) is 6.87. The number of nitrogens with zero attached hydrogens (tertiary/aromatic N) is 1. The summed E-state index contributed by atoms with van der Waals surface area (Å²) in [6.07, 6.45) is 3.83. The van der Waals surface area contributed by atoms with Crippen molar-refractivity contribution >= 4 is 23.2 Å². The first-order chi connectivity index (χ1) is 9.24. The summed E-state index contributed by atoms with van der Waals surface area (Å²) in [5.74, 6) is 0.607. The van der Waals surface area contributed by atoms with E-state index in [0.717, 1.165) is 43.6 Å². The topological polar surface area (TPSA) is 49.4 Å². The summed E-state index contributed by atoms with van der Waals surface area (Å²) in [6, 6.07) is 4.02. The molecule has 1 aromatic heterocycles. The van der Waals surface area contributed by atoms with E-state index in [0.29, 0.717) is 0 Å². The quantitative estimate of drug-likeness (QED) is 0.917. The summed E-state index contributed by atoms with van der Waals surface area (Å²) in [4.78, 5) is 26.5. The minimum atomic E-state index is 0.127. The maximum Gasteiger partial charge on any atom is 0.263 e. The number of hydrogen-bond donors (Lipinski definition) is 1. The molecule has 1 aliphatic carbocycles. The predicted octanol–water partition coefficient (Wildman–Crippen LogP) is 1.88. The molecular formula is C14H18N2O2S. The molecule has 1 N–H and O–H groups in total. The zero-order chi connectivity index (χ0) is 13.2. The van der Waals surface area contributed by atoms with Crippen molar-refractivity contribution in [2.75, 3.05) is 13.1 Å². The Kier molecular flexibility index (Phi) is 3.55. The molecule has 19 heavy (non-hydrogen) atoms. The van der Waals surface area contributed by atoms with Gasteiger partial charge in [0.05, 0.1) is 4.88 Å². The molecule has 2 fully saturated rings. The van der Waals surface area contributed by atoms with Crippen LogP contribution in [0.4, 0.5) is 0 Å². The van der Waals surface area contributed by atoms with Gasteiger partial charge in [-0.3, -0.25) is 9.59 Å². The van der Waals surface area contributed by atoms with Crippen molar-refractivity contribution in [3.8, 4) is 0 Å². The monoisotopic (exact) mass is 278 g/mol. The normalized spacial score (nSPS) is 20.3. The lowest BCUT2D eigenvalue weighted by Crippen LogP contribution is -2.46. The molecule has 3 rings (SSSR count). The third-order valence-corrected chi connectivity index (χ3v) is 4.67. The number of thiophene rings is 1. The van der Waals surface area contributed by atoms with Crippen LogP contribution in [-0.2, 0) is 4.79 Å². The molecule has 1 saturated carbocycles. The van der Waals surface area contributed by atoms with Crippen molar-refractivity contribution in [2.45, 2.75) is 31.7 Å². The van der Waals surface area contributed by atoms with Crippen molar-refractivity contribution < 1.29 is 9.59 Å². The van der Waals surface area contributed by atoms with Gasteiger partial charge in [0, 0.05) is 25.0 Å². The fourth-order valence-electron chi connectivity index (χ4n) is 2.45. The van der Waals surface area contributed by atoms with E-state index in [1.807, 2.05) is 22.4 Å². The lowest BCUT2D eigenvalue weighted by molar-refractivity contribution is -0.123. The summed E-state index contributed by atoms with van der Waals surface area (Å²) in [6.45, 7) is 1.48. The van der Waals surface area contributed by atoms with Gasteiger partial charge >= 0.3 is 0 Å². The van der Waals surface area contributed by atoms with Crippen LogP contribution >= 0.6 is 11.3 Å². The maximum atomic E-state index is 12.2. The minimum absolute atomic E-state index is 0.127. The van der Waals surface area contributed by atoms with Crippen LogP contribution in [0.2, 0.25) is 0 Å². The molecule has 2 aliphatic rings. The predicted molar refractivity (Wildman–Crippen MR) is 74.1 cm³/mol. The molecule has 2 amide bonds. The molecule has 1 saturated heterocycles. The first kappa shape index (κ1) is 12.7. The molecule has 2 heterocycles. The zero-order valence-corrected chi connectivity index (χ0v) is 11.6. The SMILES string of the molecule is O=C(NC1CCN(C(=O)c2cccs2)CC1)C1CC1. The number of piperidine rings is 1. The molecule has 102 valence electrons. The fourth-order valence-corrected chi connectivity index (χ4v) is 3.14. The van der Waals surface area contributed by atoms with Crippen LogP contribution in [0.3, 0.4) is 0 Å². The summed E-state index contributed by atoms with van der Waals surface area (Å²) in [5.41, 5.74) is 0. The molecule has 0 spiro atoms. The second kappa shape index (κ2) is 5.33. The number of amides is 2. The van der Waals surface area contributed by atoms with E-state index in [1.165, 1.54) is 11.3 Å². The van der Waals surface area contributed by atoms with Crippen molar-refractivity contribution in [3.05, 3.63) is 22.4 Å². The standard InChI is InChI=1S/C14H18N2O2S/c17-13(10-3-4-10)15-11-5-7-16(8-6-11)14(18)12-2-1-9-19-12/h1-2,9-11H,3-8H2,(H,15,17). The van der Waals surface area contributed by atoms with E-state index in [-0.39, 0.29) is 23.8 Å². The highest BCUT2D eigenvalue weighted by molar-refractivity contribution is 7.12. The first-order valence-corrected chi connectivity index (χ1v) is 7.75. The minimum Gasteiger partial charge on any atom is -0.353 e. The van der Waals surface area contributed by atoms with Crippen molar-refractivity contribution in [1.82, 2.24) is 10.2 Å². The van der Waals surface area contributed by atoms with Gasteiger partial charge in [0.2, 0.25) is 5.91 Å². The highest BCUT2D eigenvalue weighted by Gasteiger charge is 2.32. The largest absolute Gasteiger partial charge is 0.353 e. The van der Waals surface area contributed by atoms with Gasteiger partial charge in [0.1, 0.15) is 0 Å². The van der Waals surface area contributed by atoms with Crippen LogP contribution < -0.4 is 5.32 Å². The Hall–Kier alpha value is -1.36. The molecule has 0 aromatic carbocycles. The van der Waals surface area contributed by atoms with Crippen LogP contribution in [0, 0.1) is 5.92 Å². The number of likely N-dealkylation sites (tertiary alicyclic amines) is 1. The van der Waals surface area contributed by atoms with Crippen LogP contribution in [0.15, 0.2) is 17.5 Å². The van der Waals surface area contributed by atoms with Gasteiger partial charge < -0.3 is 10.2 Å². The Morgan fingerprint density at radius 2 is 1.95 bits per heavy atom. The molecular weight excluding hydrogens is 260 g/mol. The molecule has 1 aromatic rings. The van der Waals surface area contributed by atoms with E-state index in [2.05, 4.69) is 5.32 Å². The lowest BCUT2D eigenvalue weighted by atomic mass is 10.0. The van der Waals surface area contributed by atoms with Crippen molar-refractivity contribution in [2.24, 2.45) is 5.92 Å². The number of nitrogens with one attached hydrogen (secondary N) is 1. The maximum absolute atomic E-state index is 12.2. The molecule has 1 aliphatic heterocycles. The molecule has 0 atom stereocenters. The van der Waals surface area contributed by atoms with Gasteiger partial charge in [-0.1, -0.05) is 6.07 Å². The van der Waals surface area contributed by atoms with Crippen molar-refractivity contribution in [1.29, 1.82) is 0 Å². The number of carbonyl (C=O) groups excluding carboxylic acids is 2. The van der Waals surface area contributed by atoms with E-state index >= 15 is 0 Å². The number of rotatable bonds is 3. The highest BCUT2D eigenvalue weighted by Crippen LogP contribution is 2.29. The molecule has 0 bridgehead atoms. The third kappa shape index (κ3) is 2.97. The Morgan fingerprint density at radius 3 is 2.53 bits per heavy atom. The van der Waals surface area contributed by atoms with Crippen LogP contribution in [0.25, 0.3) is 0 Å². The van der Waals surface area contributed by atoms with E-state index in [1.54, 1.807) is 0 Å². The molecule has 0 unspecified atom stereocenters. The second-order valence-electron chi connectivity index (χ2n) is 5.33. The Balaban J connectivity index is 1.49. The average Bonchev–Trinajstić information content (AvgIpc) is 3.14. The summed E-state index contributed by atoms with van der Waals surface area (Å²) >= 11 is 1.49. The lowest BCUT2D eigenvalue weighted by Gasteiger charge is -2.32. The molecule has 5 heteroatoms. The summed E-state index contributed by atoms with van der Waals surface area (Å²) < 4.78 is 0. The second-order valence-corrected chi connectivity index (χ2v) is 6.27. The van der Waals surface area contributed by atoms with Crippen LogP contribution in [0.5, 0.6) is 0 Å². The van der Waals surface area contributed by atoms with Crippen molar-refractivity contribution in [3.63, 3.8) is 0 Å². The number of carbonyl (C=O) groups is 2. The van der Waals surface area contributed by atoms with Crippen LogP contribution in [0.1, 0.15) is 35.4 Å². The molecule has 0 radical (unpaired) electrons. The van der Waals surface area contributed by atoms with E-state index < -0.39 is 0 Å². The Bertz CT molecular complexity index is 460.